The first-order valence-corrected chi connectivity index (χ1v) is 44.3. The van der Waals surface area contributed by atoms with E-state index >= 15 is 0 Å². The molecule has 3 unspecified atom stereocenters. The molecule has 0 saturated carbocycles. The van der Waals surface area contributed by atoms with Gasteiger partial charge in [-0.05, 0) is 180 Å². The minimum absolute atomic E-state index is 0.0000135. The molecule has 3 aromatic rings. The zero-order valence-corrected chi connectivity index (χ0v) is 70.0. The van der Waals surface area contributed by atoms with Crippen molar-refractivity contribution in [1.82, 2.24) is 16.0 Å². The van der Waals surface area contributed by atoms with E-state index in [9.17, 15) is 28.8 Å². The molecule has 570 valence electrons. The highest BCUT2D eigenvalue weighted by molar-refractivity contribution is 8.77. The van der Waals surface area contributed by atoms with Crippen molar-refractivity contribution in [2.45, 2.75) is 263 Å². The molecule has 3 atom stereocenters. The second-order valence-electron chi connectivity index (χ2n) is 28.2. The Hall–Kier alpha value is -4.26. The SMILES string of the molecule is CC(C)C#CCCC(=O)COCCCC(C)SSc1ccc(C(=O)NCCCC(C)C)cc1.CC(C)C#CCCC(=O)COCCCC(SSc1ccc(C(=O)NCCCC(C)C)cc1)C(C)C.CCC(CCCOCC(=O)CCC#CC(C)C)SSc1ccc(C(=O)NCCCC(C)C)cc1. The predicted octanol–water partition coefficient (Wildman–Crippen LogP) is 21.4. The number of carbonyl (C=O) groups is 6. The lowest BCUT2D eigenvalue weighted by Crippen LogP contribution is -2.24. The summed E-state index contributed by atoms with van der Waals surface area (Å²) in [6.45, 7) is 38.9. The van der Waals surface area contributed by atoms with Crippen LogP contribution in [0.4, 0.5) is 0 Å². The lowest BCUT2D eigenvalue weighted by atomic mass is 10.1. The molecule has 0 aliphatic heterocycles. The van der Waals surface area contributed by atoms with Crippen LogP contribution in [-0.2, 0) is 28.6 Å². The third-order valence-electron chi connectivity index (χ3n) is 15.2. The van der Waals surface area contributed by atoms with Crippen LogP contribution in [0.5, 0.6) is 0 Å². The minimum Gasteiger partial charge on any atom is -0.374 e. The Balaban J connectivity index is 0.000000765. The molecular formula is C84H129N3O9S6. The van der Waals surface area contributed by atoms with Gasteiger partial charge in [0, 0.05) is 143 Å². The van der Waals surface area contributed by atoms with Gasteiger partial charge in [-0.2, -0.15) is 0 Å². The smallest absolute Gasteiger partial charge is 0.251 e. The molecule has 0 heterocycles. The Morgan fingerprint density at radius 2 is 0.696 bits per heavy atom. The van der Waals surface area contributed by atoms with Gasteiger partial charge in [-0.1, -0.05) is 176 Å². The van der Waals surface area contributed by atoms with Crippen molar-refractivity contribution in [3.05, 3.63) is 89.5 Å². The number of hydrogen-bond acceptors (Lipinski definition) is 15. The maximum atomic E-state index is 12.3. The molecule has 0 aliphatic carbocycles. The first-order chi connectivity index (χ1) is 48.8. The fraction of sp³-hybridized carbons (Fsp3) is 0.643. The van der Waals surface area contributed by atoms with Crippen molar-refractivity contribution in [3.8, 4) is 35.5 Å². The molecule has 0 fully saturated rings. The zero-order valence-electron chi connectivity index (χ0n) is 65.1. The summed E-state index contributed by atoms with van der Waals surface area (Å²) in [5.41, 5.74) is 2.13. The number of rotatable bonds is 50. The molecule has 18 heteroatoms. The lowest BCUT2D eigenvalue weighted by molar-refractivity contribution is -0.124. The molecule has 3 amide bonds. The van der Waals surface area contributed by atoms with Crippen molar-refractivity contribution >= 4 is 99.8 Å². The average Bonchev–Trinajstić information content (AvgIpc) is 0.907. The largest absolute Gasteiger partial charge is 0.374 e. The monoisotopic (exact) mass is 1520 g/mol. The number of carbonyl (C=O) groups excluding carboxylic acids is 6. The summed E-state index contributed by atoms with van der Waals surface area (Å²) in [5.74, 6) is 22.3. The van der Waals surface area contributed by atoms with Crippen molar-refractivity contribution in [1.29, 1.82) is 0 Å². The highest BCUT2D eigenvalue weighted by Crippen LogP contribution is 2.40. The molecule has 12 nitrogen and oxygen atoms in total. The van der Waals surface area contributed by atoms with Crippen molar-refractivity contribution in [3.63, 3.8) is 0 Å². The quantitative estimate of drug-likeness (QED) is 0.0277. The van der Waals surface area contributed by atoms with Gasteiger partial charge in [-0.15, -0.1) is 35.5 Å². The number of nitrogens with one attached hydrogen (secondary N) is 3. The standard InChI is InChI=1S/C29H45NO3S2.C28H43NO3S2.C27H41NO3S2/c1-22(2)11-7-8-13-26(31)21-33-20-10-14-28(24(5)6)35-34-27-17-15-25(16-18-27)29(32)30-19-9-12-23(3)4;1-6-26(14-10-20-32-21-25(30)13-8-7-11-22(2)3)33-34-27-17-15-24(16-18-27)28(31)29-19-9-12-23(4)5;1-21(2)10-6-7-13-25(29)20-31-19-9-12-23(5)32-33-26-16-14-24(15-17-26)27(30)28-18-8-11-22(3)4/h15-18,22-24,28H,8-10,12-14,19-21H2,1-6H3,(H,30,32);15-18,22-23,26H,6,8-10,12-14,19-21H2,1-5H3,(H,29,31);14-17,21-23H,7-9,11-13,18-20H2,1-5H3,(H,28,30). The fourth-order valence-electron chi connectivity index (χ4n) is 9.15. The van der Waals surface area contributed by atoms with Crippen LogP contribution < -0.4 is 16.0 Å². The lowest BCUT2D eigenvalue weighted by Gasteiger charge is -2.19. The average molecular weight is 1520 g/mol. The van der Waals surface area contributed by atoms with E-state index in [4.69, 9.17) is 14.2 Å². The Labute approximate surface area is 643 Å². The molecule has 3 rings (SSSR count). The van der Waals surface area contributed by atoms with E-state index in [1.54, 1.807) is 32.4 Å². The van der Waals surface area contributed by atoms with E-state index < -0.39 is 0 Å². The zero-order chi connectivity index (χ0) is 75.7. The van der Waals surface area contributed by atoms with E-state index in [1.807, 2.05) is 147 Å². The summed E-state index contributed by atoms with van der Waals surface area (Å²) >= 11 is 0. The summed E-state index contributed by atoms with van der Waals surface area (Å²) in [6, 6.07) is 23.5. The molecule has 102 heavy (non-hydrogen) atoms. The molecule has 0 aliphatic rings. The second-order valence-corrected chi connectivity index (χ2v) is 36.0. The van der Waals surface area contributed by atoms with Crippen LogP contribution in [0.15, 0.2) is 87.5 Å². The van der Waals surface area contributed by atoms with Crippen molar-refractivity contribution in [2.75, 3.05) is 59.3 Å². The number of hydrogen-bond donors (Lipinski definition) is 3. The molecule has 3 aromatic carbocycles. The molecule has 0 spiro atoms. The molecule has 0 aromatic heterocycles. The van der Waals surface area contributed by atoms with Crippen molar-refractivity contribution in [2.24, 2.45) is 41.4 Å². The van der Waals surface area contributed by atoms with Crippen LogP contribution in [0.1, 0.15) is 264 Å². The molecule has 3 N–H and O–H groups in total. The summed E-state index contributed by atoms with van der Waals surface area (Å²) < 4.78 is 16.7. The number of Topliss-reactive ketones (excluding diaryl/α,β-unsaturated/α-hetero) is 3. The van der Waals surface area contributed by atoms with Crippen LogP contribution in [-0.4, -0.2) is 110 Å². The van der Waals surface area contributed by atoms with Gasteiger partial charge in [-0.25, -0.2) is 0 Å². The summed E-state index contributed by atoms with van der Waals surface area (Å²) in [6.07, 6.45) is 16.7. The highest BCUT2D eigenvalue weighted by atomic mass is 33.1. The van der Waals surface area contributed by atoms with Crippen LogP contribution >= 0.6 is 64.8 Å². The first-order valence-electron chi connectivity index (χ1n) is 37.7. The van der Waals surface area contributed by atoms with Gasteiger partial charge in [0.05, 0.1) is 0 Å². The third-order valence-corrected chi connectivity index (χ3v) is 24.4. The number of amides is 3. The van der Waals surface area contributed by atoms with E-state index in [1.165, 1.54) is 0 Å². The van der Waals surface area contributed by atoms with E-state index in [0.717, 1.165) is 118 Å². The maximum Gasteiger partial charge on any atom is 0.251 e. The first kappa shape index (κ1) is 95.8. The Kier molecular flexibility index (Phi) is 58.1. The molecule has 0 saturated heterocycles. The van der Waals surface area contributed by atoms with E-state index in [-0.39, 0.29) is 54.9 Å². The van der Waals surface area contributed by atoms with Gasteiger partial charge < -0.3 is 30.2 Å². The topological polar surface area (TPSA) is 166 Å². The molecule has 0 radical (unpaired) electrons. The fourth-order valence-corrected chi connectivity index (χ4v) is 17.0. The normalized spacial score (nSPS) is 11.9. The molecular weight excluding hydrogens is 1390 g/mol. The highest BCUT2D eigenvalue weighted by Gasteiger charge is 2.17. The number of benzene rings is 3. The van der Waals surface area contributed by atoms with Gasteiger partial charge in [0.15, 0.2) is 17.3 Å². The Morgan fingerprint density at radius 3 is 1.01 bits per heavy atom. The molecule has 0 bridgehead atoms. The third kappa shape index (κ3) is 55.2. The van der Waals surface area contributed by atoms with Crippen LogP contribution in [0, 0.1) is 76.9 Å². The summed E-state index contributed by atoms with van der Waals surface area (Å²) in [7, 11) is 10.8. The van der Waals surface area contributed by atoms with Gasteiger partial charge >= 0.3 is 0 Å². The number of ether oxygens (including phenoxy) is 3. The van der Waals surface area contributed by atoms with Gasteiger partial charge in [-0.3, -0.25) is 28.8 Å². The van der Waals surface area contributed by atoms with Crippen LogP contribution in [0.3, 0.4) is 0 Å². The van der Waals surface area contributed by atoms with Crippen molar-refractivity contribution < 1.29 is 43.0 Å². The second kappa shape index (κ2) is 61.8. The predicted molar refractivity (Wildman–Crippen MR) is 442 cm³/mol. The summed E-state index contributed by atoms with van der Waals surface area (Å²) in [5, 5.41) is 10.5. The van der Waals surface area contributed by atoms with Gasteiger partial charge in [0.25, 0.3) is 17.7 Å². The van der Waals surface area contributed by atoms with Crippen LogP contribution in [0.25, 0.3) is 0 Å². The number of ketones is 3. The van der Waals surface area contributed by atoms with Crippen LogP contribution in [0.2, 0.25) is 0 Å². The van der Waals surface area contributed by atoms with Gasteiger partial charge in [0.2, 0.25) is 0 Å². The summed E-state index contributed by atoms with van der Waals surface area (Å²) in [4.78, 5) is 75.7. The minimum atomic E-state index is -0.00158. The van der Waals surface area contributed by atoms with E-state index in [2.05, 4.69) is 121 Å². The maximum absolute atomic E-state index is 12.3. The Bertz CT molecular complexity index is 2940. The Morgan fingerprint density at radius 1 is 0.382 bits per heavy atom. The van der Waals surface area contributed by atoms with E-state index in [0.29, 0.717) is 132 Å². The van der Waals surface area contributed by atoms with Gasteiger partial charge in [0.1, 0.15) is 19.8 Å².